The third-order valence-corrected chi connectivity index (χ3v) is 3.28. The first-order chi connectivity index (χ1) is 7.95. The molecule has 2 unspecified atom stereocenters. The van der Waals surface area contributed by atoms with Gasteiger partial charge in [-0.3, -0.25) is 0 Å². The Labute approximate surface area is 107 Å². The summed E-state index contributed by atoms with van der Waals surface area (Å²) in [5.41, 5.74) is -0.0157. The number of hydrogen-bond donors (Lipinski definition) is 1. The first-order valence-corrected chi connectivity index (χ1v) is 6.72. The second kappa shape index (κ2) is 8.90. The Morgan fingerprint density at radius 3 is 2.35 bits per heavy atom. The van der Waals surface area contributed by atoms with Crippen molar-refractivity contribution in [3.63, 3.8) is 0 Å². The molecule has 0 fully saturated rings. The number of ether oxygens (including phenoxy) is 2. The SMILES string of the molecule is CCNC(CCC(C)(C)OC)CC(C)COC. The summed E-state index contributed by atoms with van der Waals surface area (Å²) in [5.74, 6) is 0.606. The van der Waals surface area contributed by atoms with Crippen LogP contribution in [-0.2, 0) is 9.47 Å². The fourth-order valence-corrected chi connectivity index (χ4v) is 2.05. The third kappa shape index (κ3) is 8.58. The van der Waals surface area contributed by atoms with Crippen LogP contribution in [0.5, 0.6) is 0 Å². The molecule has 3 heteroatoms. The molecule has 0 aliphatic heterocycles. The smallest absolute Gasteiger partial charge is 0.0623 e. The van der Waals surface area contributed by atoms with Crippen LogP contribution in [0.25, 0.3) is 0 Å². The lowest BCUT2D eigenvalue weighted by molar-refractivity contribution is 0.0109. The molecule has 0 aliphatic rings. The van der Waals surface area contributed by atoms with Crippen molar-refractivity contribution >= 4 is 0 Å². The third-order valence-electron chi connectivity index (χ3n) is 3.28. The Bertz CT molecular complexity index is 183. The highest BCUT2D eigenvalue weighted by Crippen LogP contribution is 2.19. The zero-order chi connectivity index (χ0) is 13.3. The first kappa shape index (κ1) is 16.9. The quantitative estimate of drug-likeness (QED) is 0.642. The average molecular weight is 245 g/mol. The normalized spacial score (nSPS) is 15.9. The highest BCUT2D eigenvalue weighted by molar-refractivity contribution is 4.75. The molecule has 0 saturated carbocycles. The Morgan fingerprint density at radius 2 is 1.88 bits per heavy atom. The zero-order valence-corrected chi connectivity index (χ0v) is 12.5. The van der Waals surface area contributed by atoms with Crippen LogP contribution >= 0.6 is 0 Å². The van der Waals surface area contributed by atoms with Crippen molar-refractivity contribution in [2.24, 2.45) is 5.92 Å². The minimum absolute atomic E-state index is 0.0157. The molecule has 0 amide bonds. The molecule has 0 heterocycles. The van der Waals surface area contributed by atoms with E-state index < -0.39 is 0 Å². The lowest BCUT2D eigenvalue weighted by Gasteiger charge is -2.27. The standard InChI is InChI=1S/C14H31NO2/c1-7-15-13(10-12(2)11-16-5)8-9-14(3,4)17-6/h12-13,15H,7-11H2,1-6H3. The highest BCUT2D eigenvalue weighted by Gasteiger charge is 2.20. The monoisotopic (exact) mass is 245 g/mol. The molecule has 0 rings (SSSR count). The topological polar surface area (TPSA) is 30.5 Å². The van der Waals surface area contributed by atoms with E-state index in [4.69, 9.17) is 9.47 Å². The van der Waals surface area contributed by atoms with Crippen molar-refractivity contribution in [1.82, 2.24) is 5.32 Å². The van der Waals surface area contributed by atoms with Crippen molar-refractivity contribution in [3.05, 3.63) is 0 Å². The lowest BCUT2D eigenvalue weighted by Crippen LogP contribution is -2.34. The maximum atomic E-state index is 5.47. The molecule has 0 aromatic heterocycles. The van der Waals surface area contributed by atoms with Crippen molar-refractivity contribution in [3.8, 4) is 0 Å². The van der Waals surface area contributed by atoms with Crippen molar-refractivity contribution in [2.45, 2.75) is 58.6 Å². The van der Waals surface area contributed by atoms with Crippen LogP contribution in [0.4, 0.5) is 0 Å². The predicted octanol–water partition coefficient (Wildman–Crippen LogP) is 2.84. The fourth-order valence-electron chi connectivity index (χ4n) is 2.05. The summed E-state index contributed by atoms with van der Waals surface area (Å²) < 4.78 is 10.7. The van der Waals surface area contributed by atoms with Crippen LogP contribution in [0.3, 0.4) is 0 Å². The second-order valence-corrected chi connectivity index (χ2v) is 5.55. The largest absolute Gasteiger partial charge is 0.384 e. The summed E-state index contributed by atoms with van der Waals surface area (Å²) >= 11 is 0. The molecule has 0 spiro atoms. The molecular formula is C14H31NO2. The molecule has 3 nitrogen and oxygen atoms in total. The molecule has 0 radical (unpaired) electrons. The zero-order valence-electron chi connectivity index (χ0n) is 12.5. The number of methoxy groups -OCH3 is 2. The van der Waals surface area contributed by atoms with Crippen LogP contribution in [0.2, 0.25) is 0 Å². The van der Waals surface area contributed by atoms with E-state index in [0.29, 0.717) is 12.0 Å². The summed E-state index contributed by atoms with van der Waals surface area (Å²) in [6.45, 7) is 10.6. The van der Waals surface area contributed by atoms with Gasteiger partial charge in [0.05, 0.1) is 5.60 Å². The van der Waals surface area contributed by atoms with Crippen molar-refractivity contribution < 1.29 is 9.47 Å². The van der Waals surface area contributed by atoms with Crippen LogP contribution in [0.1, 0.15) is 47.0 Å². The van der Waals surface area contributed by atoms with Crippen LogP contribution in [0, 0.1) is 5.92 Å². The van der Waals surface area contributed by atoms with Gasteiger partial charge in [-0.1, -0.05) is 13.8 Å². The van der Waals surface area contributed by atoms with Gasteiger partial charge in [-0.25, -0.2) is 0 Å². The van der Waals surface area contributed by atoms with Gasteiger partial charge in [0.2, 0.25) is 0 Å². The summed E-state index contributed by atoms with van der Waals surface area (Å²) in [4.78, 5) is 0. The minimum atomic E-state index is -0.0157. The minimum Gasteiger partial charge on any atom is -0.384 e. The lowest BCUT2D eigenvalue weighted by atomic mass is 9.93. The molecule has 0 bridgehead atoms. The van der Waals surface area contributed by atoms with Gasteiger partial charge in [0, 0.05) is 26.9 Å². The van der Waals surface area contributed by atoms with Crippen molar-refractivity contribution in [1.29, 1.82) is 0 Å². The first-order valence-electron chi connectivity index (χ1n) is 6.72. The molecule has 104 valence electrons. The predicted molar refractivity (Wildman–Crippen MR) is 73.4 cm³/mol. The molecule has 0 aromatic carbocycles. The van der Waals surface area contributed by atoms with Crippen LogP contribution in [-0.4, -0.2) is 39.0 Å². The molecule has 0 aromatic rings. The maximum absolute atomic E-state index is 5.47. The van der Waals surface area contributed by atoms with E-state index in [0.717, 1.165) is 26.0 Å². The van der Waals surface area contributed by atoms with Gasteiger partial charge >= 0.3 is 0 Å². The van der Waals surface area contributed by atoms with Gasteiger partial charge in [0.1, 0.15) is 0 Å². The van der Waals surface area contributed by atoms with Gasteiger partial charge in [-0.05, 0) is 45.6 Å². The Morgan fingerprint density at radius 1 is 1.24 bits per heavy atom. The van der Waals surface area contributed by atoms with Gasteiger partial charge in [0.25, 0.3) is 0 Å². The molecule has 0 aliphatic carbocycles. The molecular weight excluding hydrogens is 214 g/mol. The number of rotatable bonds is 10. The summed E-state index contributed by atoms with van der Waals surface area (Å²) in [6, 6.07) is 0.569. The van der Waals surface area contributed by atoms with Gasteiger partial charge in [-0.15, -0.1) is 0 Å². The summed E-state index contributed by atoms with van der Waals surface area (Å²) in [5, 5.41) is 3.56. The summed E-state index contributed by atoms with van der Waals surface area (Å²) in [7, 11) is 3.56. The molecule has 17 heavy (non-hydrogen) atoms. The Hall–Kier alpha value is -0.120. The Balaban J connectivity index is 4.05. The number of nitrogens with one attached hydrogen (secondary N) is 1. The van der Waals surface area contributed by atoms with Gasteiger partial charge in [-0.2, -0.15) is 0 Å². The molecule has 2 atom stereocenters. The molecule has 0 saturated heterocycles. The van der Waals surface area contributed by atoms with Crippen LogP contribution in [0.15, 0.2) is 0 Å². The fraction of sp³-hybridized carbons (Fsp3) is 1.00. The van der Waals surface area contributed by atoms with E-state index in [-0.39, 0.29) is 5.60 Å². The van der Waals surface area contributed by atoms with Gasteiger partial charge in [0.15, 0.2) is 0 Å². The van der Waals surface area contributed by atoms with E-state index in [2.05, 4.69) is 33.0 Å². The van der Waals surface area contributed by atoms with E-state index in [1.807, 2.05) is 0 Å². The second-order valence-electron chi connectivity index (χ2n) is 5.55. The van der Waals surface area contributed by atoms with Crippen molar-refractivity contribution in [2.75, 3.05) is 27.4 Å². The molecule has 1 N–H and O–H groups in total. The Kier molecular flexibility index (Phi) is 8.83. The highest BCUT2D eigenvalue weighted by atomic mass is 16.5. The summed E-state index contributed by atoms with van der Waals surface area (Å²) in [6.07, 6.45) is 3.41. The maximum Gasteiger partial charge on any atom is 0.0623 e. The van der Waals surface area contributed by atoms with Crippen LogP contribution < -0.4 is 5.32 Å². The van der Waals surface area contributed by atoms with Gasteiger partial charge < -0.3 is 14.8 Å². The number of hydrogen-bond acceptors (Lipinski definition) is 3. The van der Waals surface area contributed by atoms with E-state index in [1.54, 1.807) is 14.2 Å². The van der Waals surface area contributed by atoms with E-state index in [1.165, 1.54) is 6.42 Å². The van der Waals surface area contributed by atoms with E-state index in [9.17, 15) is 0 Å². The van der Waals surface area contributed by atoms with E-state index >= 15 is 0 Å². The average Bonchev–Trinajstić information content (AvgIpc) is 2.27.